The number of rotatable bonds is 5. The molecular formula is C9H14ClN3O. The van der Waals surface area contributed by atoms with Crippen molar-refractivity contribution in [3.8, 4) is 0 Å². The lowest BCUT2D eigenvalue weighted by Gasteiger charge is -2.14. The number of H-pyrrole nitrogens is 1. The number of hydrogen-bond donors (Lipinski definition) is 2. The molecule has 0 aliphatic carbocycles. The van der Waals surface area contributed by atoms with Gasteiger partial charge in [0.1, 0.15) is 5.69 Å². The van der Waals surface area contributed by atoms with Gasteiger partial charge in [0.2, 0.25) is 0 Å². The minimum atomic E-state index is -0.125. The van der Waals surface area contributed by atoms with Crippen LogP contribution < -0.4 is 5.32 Å². The zero-order valence-electron chi connectivity index (χ0n) is 8.09. The number of alkyl halides is 1. The van der Waals surface area contributed by atoms with E-state index in [1.54, 1.807) is 12.3 Å². The molecule has 0 aromatic carbocycles. The molecule has 0 aliphatic heterocycles. The van der Waals surface area contributed by atoms with Gasteiger partial charge < -0.3 is 5.32 Å². The topological polar surface area (TPSA) is 57.8 Å². The Morgan fingerprint density at radius 1 is 1.79 bits per heavy atom. The van der Waals surface area contributed by atoms with E-state index in [0.29, 0.717) is 11.6 Å². The Balaban J connectivity index is 2.47. The molecular weight excluding hydrogens is 202 g/mol. The molecule has 1 atom stereocenters. The molecule has 14 heavy (non-hydrogen) atoms. The number of hydrogen-bond acceptors (Lipinski definition) is 2. The monoisotopic (exact) mass is 215 g/mol. The van der Waals surface area contributed by atoms with Gasteiger partial charge in [0.15, 0.2) is 0 Å². The molecule has 2 N–H and O–H groups in total. The van der Waals surface area contributed by atoms with Crippen molar-refractivity contribution in [2.75, 3.05) is 5.88 Å². The summed E-state index contributed by atoms with van der Waals surface area (Å²) in [6.07, 6.45) is 3.22. The average Bonchev–Trinajstić information content (AvgIpc) is 2.69. The minimum absolute atomic E-state index is 0.125. The fourth-order valence-corrected chi connectivity index (χ4v) is 1.42. The second-order valence-electron chi connectivity index (χ2n) is 3.03. The molecule has 0 bridgehead atoms. The lowest BCUT2D eigenvalue weighted by molar-refractivity contribution is 0.0930. The summed E-state index contributed by atoms with van der Waals surface area (Å²) in [4.78, 5) is 11.5. The first-order valence-corrected chi connectivity index (χ1v) is 5.17. The van der Waals surface area contributed by atoms with Crippen LogP contribution in [0.25, 0.3) is 0 Å². The van der Waals surface area contributed by atoms with E-state index in [0.717, 1.165) is 12.8 Å². The number of aromatic nitrogens is 2. The van der Waals surface area contributed by atoms with Gasteiger partial charge in [0, 0.05) is 18.1 Å². The summed E-state index contributed by atoms with van der Waals surface area (Å²) in [6.45, 7) is 2.02. The number of nitrogens with zero attached hydrogens (tertiary/aromatic N) is 1. The summed E-state index contributed by atoms with van der Waals surface area (Å²) in [5.41, 5.74) is 0.484. The lowest BCUT2D eigenvalue weighted by atomic mass is 10.1. The van der Waals surface area contributed by atoms with E-state index in [1.165, 1.54) is 0 Å². The summed E-state index contributed by atoms with van der Waals surface area (Å²) in [5.74, 6) is 0.432. The predicted molar refractivity (Wildman–Crippen MR) is 55.5 cm³/mol. The first-order chi connectivity index (χ1) is 6.77. The van der Waals surface area contributed by atoms with Crippen molar-refractivity contribution >= 4 is 17.5 Å². The van der Waals surface area contributed by atoms with Crippen LogP contribution in [0.5, 0.6) is 0 Å². The van der Waals surface area contributed by atoms with Crippen LogP contribution in [-0.4, -0.2) is 28.0 Å². The molecule has 0 fully saturated rings. The molecule has 0 saturated carbocycles. The maximum Gasteiger partial charge on any atom is 0.269 e. The van der Waals surface area contributed by atoms with Gasteiger partial charge in [-0.1, -0.05) is 6.92 Å². The molecule has 78 valence electrons. The third-order valence-electron chi connectivity index (χ3n) is 2.03. The molecule has 1 unspecified atom stereocenters. The molecule has 1 rings (SSSR count). The fraction of sp³-hybridized carbons (Fsp3) is 0.556. The molecule has 1 aromatic rings. The van der Waals surface area contributed by atoms with Crippen LogP contribution in [0.4, 0.5) is 0 Å². The summed E-state index contributed by atoms with van der Waals surface area (Å²) in [6, 6.07) is 1.78. The van der Waals surface area contributed by atoms with E-state index in [-0.39, 0.29) is 11.9 Å². The second kappa shape index (κ2) is 5.65. The Hall–Kier alpha value is -1.03. The van der Waals surface area contributed by atoms with Gasteiger partial charge in [-0.2, -0.15) is 5.10 Å². The van der Waals surface area contributed by atoms with Crippen molar-refractivity contribution < 1.29 is 4.79 Å². The van der Waals surface area contributed by atoms with E-state index in [1.807, 2.05) is 6.92 Å². The van der Waals surface area contributed by atoms with Gasteiger partial charge in [0.25, 0.3) is 5.91 Å². The predicted octanol–water partition coefficient (Wildman–Crippen LogP) is 1.55. The summed E-state index contributed by atoms with van der Waals surface area (Å²) in [5, 5.41) is 9.20. The molecule has 1 heterocycles. The summed E-state index contributed by atoms with van der Waals surface area (Å²) < 4.78 is 0. The number of aromatic amines is 1. The third-order valence-corrected chi connectivity index (χ3v) is 2.25. The van der Waals surface area contributed by atoms with E-state index >= 15 is 0 Å². The SMILES string of the molecule is CCC(CCCl)NC(=O)c1ccn[nH]1. The van der Waals surface area contributed by atoms with Gasteiger partial charge >= 0.3 is 0 Å². The van der Waals surface area contributed by atoms with Gasteiger partial charge in [-0.15, -0.1) is 11.6 Å². The molecule has 1 aromatic heterocycles. The van der Waals surface area contributed by atoms with Gasteiger partial charge in [-0.05, 0) is 18.9 Å². The summed E-state index contributed by atoms with van der Waals surface area (Å²) >= 11 is 5.61. The normalized spacial score (nSPS) is 12.4. The van der Waals surface area contributed by atoms with Crippen LogP contribution >= 0.6 is 11.6 Å². The smallest absolute Gasteiger partial charge is 0.269 e. The van der Waals surface area contributed by atoms with Crippen molar-refractivity contribution in [1.29, 1.82) is 0 Å². The van der Waals surface area contributed by atoms with Crippen LogP contribution in [0.3, 0.4) is 0 Å². The summed E-state index contributed by atoms with van der Waals surface area (Å²) in [7, 11) is 0. The van der Waals surface area contributed by atoms with Crippen molar-refractivity contribution in [3.63, 3.8) is 0 Å². The first-order valence-electron chi connectivity index (χ1n) is 4.64. The van der Waals surface area contributed by atoms with Crippen LogP contribution in [0.1, 0.15) is 30.3 Å². The molecule has 1 amide bonds. The number of carbonyl (C=O) groups is 1. The zero-order valence-corrected chi connectivity index (χ0v) is 8.84. The molecule has 4 nitrogen and oxygen atoms in total. The van der Waals surface area contributed by atoms with Gasteiger partial charge in [-0.25, -0.2) is 0 Å². The molecule has 5 heteroatoms. The molecule has 0 spiro atoms. The third kappa shape index (κ3) is 3.03. The Kier molecular flexibility index (Phi) is 4.46. The fourth-order valence-electron chi connectivity index (χ4n) is 1.16. The maximum atomic E-state index is 11.5. The lowest BCUT2D eigenvalue weighted by Crippen LogP contribution is -2.34. The highest BCUT2D eigenvalue weighted by Crippen LogP contribution is 2.01. The Labute approximate surface area is 88.0 Å². The largest absolute Gasteiger partial charge is 0.348 e. The van der Waals surface area contributed by atoms with Crippen molar-refractivity contribution in [2.45, 2.75) is 25.8 Å². The highest BCUT2D eigenvalue weighted by molar-refractivity contribution is 6.17. The molecule has 0 saturated heterocycles. The second-order valence-corrected chi connectivity index (χ2v) is 3.40. The van der Waals surface area contributed by atoms with Crippen LogP contribution in [-0.2, 0) is 0 Å². The van der Waals surface area contributed by atoms with Crippen LogP contribution in [0.2, 0.25) is 0 Å². The van der Waals surface area contributed by atoms with Crippen molar-refractivity contribution in [3.05, 3.63) is 18.0 Å². The quantitative estimate of drug-likeness (QED) is 0.733. The number of nitrogens with one attached hydrogen (secondary N) is 2. The first kappa shape index (κ1) is 11.0. The highest BCUT2D eigenvalue weighted by atomic mass is 35.5. The van der Waals surface area contributed by atoms with Gasteiger partial charge in [-0.3, -0.25) is 9.89 Å². The highest BCUT2D eigenvalue weighted by Gasteiger charge is 2.11. The van der Waals surface area contributed by atoms with Crippen molar-refractivity contribution in [1.82, 2.24) is 15.5 Å². The Bertz CT molecular complexity index is 274. The van der Waals surface area contributed by atoms with E-state index in [4.69, 9.17) is 11.6 Å². The van der Waals surface area contributed by atoms with Crippen LogP contribution in [0, 0.1) is 0 Å². The maximum absolute atomic E-state index is 11.5. The minimum Gasteiger partial charge on any atom is -0.348 e. The number of carbonyl (C=O) groups excluding carboxylic acids is 1. The number of halogens is 1. The average molecular weight is 216 g/mol. The van der Waals surface area contributed by atoms with E-state index < -0.39 is 0 Å². The molecule has 0 aliphatic rings. The zero-order chi connectivity index (χ0) is 10.4. The standard InChI is InChI=1S/C9H14ClN3O/c1-2-7(3-5-10)12-9(14)8-4-6-11-13-8/h4,6-7H,2-3,5H2,1H3,(H,11,13)(H,12,14). The van der Waals surface area contributed by atoms with E-state index in [2.05, 4.69) is 15.5 Å². The van der Waals surface area contributed by atoms with Gasteiger partial charge in [0.05, 0.1) is 0 Å². The van der Waals surface area contributed by atoms with Crippen molar-refractivity contribution in [2.24, 2.45) is 0 Å². The number of amides is 1. The van der Waals surface area contributed by atoms with Crippen LogP contribution in [0.15, 0.2) is 12.3 Å². The van der Waals surface area contributed by atoms with E-state index in [9.17, 15) is 4.79 Å². The Morgan fingerprint density at radius 2 is 2.57 bits per heavy atom. The molecule has 0 radical (unpaired) electrons. The Morgan fingerprint density at radius 3 is 3.07 bits per heavy atom.